The van der Waals surface area contributed by atoms with Crippen molar-refractivity contribution in [1.82, 2.24) is 15.2 Å². The molecule has 24 heavy (non-hydrogen) atoms. The minimum atomic E-state index is -0.0362. The zero-order chi connectivity index (χ0) is 16.6. The van der Waals surface area contributed by atoms with Gasteiger partial charge in [0.25, 0.3) is 0 Å². The Morgan fingerprint density at radius 3 is 3.08 bits per heavy atom. The summed E-state index contributed by atoms with van der Waals surface area (Å²) in [6, 6.07) is 7.98. The van der Waals surface area contributed by atoms with Crippen molar-refractivity contribution in [3.8, 4) is 0 Å². The lowest BCUT2D eigenvalue weighted by Crippen LogP contribution is -2.43. The summed E-state index contributed by atoms with van der Waals surface area (Å²) in [6.07, 6.45) is 6.66. The first-order chi connectivity index (χ1) is 11.8. The lowest BCUT2D eigenvalue weighted by Gasteiger charge is -2.25. The van der Waals surface area contributed by atoms with E-state index in [0.29, 0.717) is 19.6 Å². The third-order valence-electron chi connectivity index (χ3n) is 4.06. The van der Waals surface area contributed by atoms with Crippen molar-refractivity contribution in [3.05, 3.63) is 52.5 Å². The summed E-state index contributed by atoms with van der Waals surface area (Å²) in [5.41, 5.74) is 1.03. The number of urea groups is 1. The third kappa shape index (κ3) is 5.04. The van der Waals surface area contributed by atoms with Crippen molar-refractivity contribution in [2.24, 2.45) is 0 Å². The van der Waals surface area contributed by atoms with Gasteiger partial charge >= 0.3 is 6.03 Å². The summed E-state index contributed by atoms with van der Waals surface area (Å²) < 4.78 is 5.70. The van der Waals surface area contributed by atoms with Crippen LogP contribution >= 0.6 is 11.3 Å². The summed E-state index contributed by atoms with van der Waals surface area (Å²) in [5, 5.41) is 5.09. The summed E-state index contributed by atoms with van der Waals surface area (Å²) in [6.45, 7) is 2.62. The molecule has 0 spiro atoms. The Bertz CT molecular complexity index is 612. The monoisotopic (exact) mass is 345 g/mol. The Balaban J connectivity index is 1.55. The number of hydrogen-bond acceptors (Lipinski definition) is 4. The number of rotatable bonds is 7. The number of amides is 2. The molecule has 0 aromatic carbocycles. The number of nitrogens with zero attached hydrogens (tertiary/aromatic N) is 2. The minimum absolute atomic E-state index is 0.0362. The maximum atomic E-state index is 12.6. The molecule has 6 heteroatoms. The fourth-order valence-corrected chi connectivity index (χ4v) is 3.53. The largest absolute Gasteiger partial charge is 0.376 e. The van der Waals surface area contributed by atoms with Gasteiger partial charge in [0.05, 0.1) is 6.10 Å². The first-order valence-corrected chi connectivity index (χ1v) is 9.25. The molecule has 0 saturated carbocycles. The predicted molar refractivity (Wildman–Crippen MR) is 95.0 cm³/mol. The highest BCUT2D eigenvalue weighted by Gasteiger charge is 2.22. The fraction of sp³-hybridized carbons (Fsp3) is 0.444. The Morgan fingerprint density at radius 2 is 2.38 bits per heavy atom. The smallest absolute Gasteiger partial charge is 0.317 e. The molecule has 3 rings (SSSR count). The zero-order valence-corrected chi connectivity index (χ0v) is 14.5. The maximum absolute atomic E-state index is 12.6. The van der Waals surface area contributed by atoms with Crippen molar-refractivity contribution < 1.29 is 9.53 Å². The van der Waals surface area contributed by atoms with Crippen LogP contribution < -0.4 is 5.32 Å². The highest BCUT2D eigenvalue weighted by molar-refractivity contribution is 7.09. The van der Waals surface area contributed by atoms with Crippen molar-refractivity contribution in [3.63, 3.8) is 0 Å². The first kappa shape index (κ1) is 16.9. The van der Waals surface area contributed by atoms with Gasteiger partial charge in [-0.1, -0.05) is 12.1 Å². The van der Waals surface area contributed by atoms with Gasteiger partial charge in [0.2, 0.25) is 0 Å². The summed E-state index contributed by atoms with van der Waals surface area (Å²) >= 11 is 1.72. The second kappa shape index (κ2) is 8.80. The fourth-order valence-electron chi connectivity index (χ4n) is 2.82. The number of ether oxygens (including phenoxy) is 1. The normalized spacial score (nSPS) is 16.9. The molecule has 0 radical (unpaired) electrons. The van der Waals surface area contributed by atoms with Gasteiger partial charge in [-0.3, -0.25) is 4.98 Å². The Hall–Kier alpha value is -1.92. The molecule has 0 unspecified atom stereocenters. The van der Waals surface area contributed by atoms with Crippen LogP contribution in [0.2, 0.25) is 0 Å². The van der Waals surface area contributed by atoms with Gasteiger partial charge in [-0.2, -0.15) is 0 Å². The van der Waals surface area contributed by atoms with Crippen LogP contribution in [0.5, 0.6) is 0 Å². The van der Waals surface area contributed by atoms with Gasteiger partial charge in [-0.15, -0.1) is 11.3 Å². The second-order valence-electron chi connectivity index (χ2n) is 5.94. The van der Waals surface area contributed by atoms with E-state index in [1.165, 1.54) is 4.88 Å². The molecule has 0 bridgehead atoms. The van der Waals surface area contributed by atoms with E-state index in [9.17, 15) is 4.79 Å². The topological polar surface area (TPSA) is 54.5 Å². The van der Waals surface area contributed by atoms with E-state index in [4.69, 9.17) is 4.74 Å². The van der Waals surface area contributed by atoms with Gasteiger partial charge in [0.1, 0.15) is 0 Å². The Morgan fingerprint density at radius 1 is 1.42 bits per heavy atom. The molecule has 1 aliphatic heterocycles. The summed E-state index contributed by atoms with van der Waals surface area (Å²) in [7, 11) is 0. The lowest BCUT2D eigenvalue weighted by molar-refractivity contribution is 0.0795. The molecule has 1 atom stereocenters. The van der Waals surface area contributed by atoms with Crippen molar-refractivity contribution >= 4 is 17.4 Å². The van der Waals surface area contributed by atoms with Gasteiger partial charge in [0, 0.05) is 43.5 Å². The van der Waals surface area contributed by atoms with Crippen LogP contribution in [0.1, 0.15) is 23.3 Å². The summed E-state index contributed by atoms with van der Waals surface area (Å²) in [4.78, 5) is 19.9. The quantitative estimate of drug-likeness (QED) is 0.839. The molecular weight excluding hydrogens is 322 g/mol. The van der Waals surface area contributed by atoms with E-state index in [0.717, 1.165) is 31.4 Å². The van der Waals surface area contributed by atoms with E-state index in [2.05, 4.69) is 21.7 Å². The molecule has 3 heterocycles. The van der Waals surface area contributed by atoms with Gasteiger partial charge in [-0.05, 0) is 42.3 Å². The molecule has 1 saturated heterocycles. The minimum Gasteiger partial charge on any atom is -0.376 e. The van der Waals surface area contributed by atoms with E-state index in [1.54, 1.807) is 23.7 Å². The van der Waals surface area contributed by atoms with Crippen molar-refractivity contribution in [2.45, 2.75) is 31.9 Å². The standard InChI is InChI=1S/C18H23N3O2S/c22-18(20-9-7-17-6-3-11-24-17)21(14-16-5-2-10-23-16)13-15-4-1-8-19-12-15/h1,3-4,6,8,11-12,16H,2,5,7,9-10,13-14H2,(H,20,22)/t16-/m1/s1. The molecule has 2 aromatic rings. The highest BCUT2D eigenvalue weighted by Crippen LogP contribution is 2.15. The van der Waals surface area contributed by atoms with Crippen LogP contribution in [0.3, 0.4) is 0 Å². The number of pyridine rings is 1. The predicted octanol–water partition coefficient (Wildman–Crippen LogP) is 3.08. The van der Waals surface area contributed by atoms with Crippen LogP contribution in [-0.2, 0) is 17.7 Å². The average molecular weight is 345 g/mol. The number of aromatic nitrogens is 1. The van der Waals surface area contributed by atoms with E-state index in [1.807, 2.05) is 23.1 Å². The number of carbonyl (C=O) groups excluding carboxylic acids is 1. The molecule has 1 N–H and O–H groups in total. The van der Waals surface area contributed by atoms with Crippen LogP contribution in [0.15, 0.2) is 42.0 Å². The van der Waals surface area contributed by atoms with Gasteiger partial charge in [0.15, 0.2) is 0 Å². The molecule has 2 aromatic heterocycles. The SMILES string of the molecule is O=C(NCCc1cccs1)N(Cc1cccnc1)C[C@H]1CCCO1. The average Bonchev–Trinajstić information content (AvgIpc) is 3.29. The van der Waals surface area contributed by atoms with E-state index in [-0.39, 0.29) is 12.1 Å². The maximum Gasteiger partial charge on any atom is 0.317 e. The molecule has 0 aliphatic carbocycles. The first-order valence-electron chi connectivity index (χ1n) is 8.37. The molecule has 1 fully saturated rings. The number of carbonyl (C=O) groups is 1. The molecule has 1 aliphatic rings. The van der Waals surface area contributed by atoms with Crippen molar-refractivity contribution in [1.29, 1.82) is 0 Å². The highest BCUT2D eigenvalue weighted by atomic mass is 32.1. The van der Waals surface area contributed by atoms with Crippen LogP contribution in [0, 0.1) is 0 Å². The Labute approximate surface area is 146 Å². The lowest BCUT2D eigenvalue weighted by atomic mass is 10.2. The van der Waals surface area contributed by atoms with Gasteiger partial charge in [-0.25, -0.2) is 4.79 Å². The third-order valence-corrected chi connectivity index (χ3v) is 5.00. The van der Waals surface area contributed by atoms with Gasteiger partial charge < -0.3 is 15.0 Å². The molecule has 2 amide bonds. The zero-order valence-electron chi connectivity index (χ0n) is 13.7. The number of thiophene rings is 1. The van der Waals surface area contributed by atoms with Crippen LogP contribution in [0.4, 0.5) is 4.79 Å². The van der Waals surface area contributed by atoms with Crippen LogP contribution in [-0.4, -0.2) is 41.7 Å². The van der Waals surface area contributed by atoms with E-state index >= 15 is 0 Å². The van der Waals surface area contributed by atoms with Crippen molar-refractivity contribution in [2.75, 3.05) is 19.7 Å². The molecule has 5 nitrogen and oxygen atoms in total. The number of hydrogen-bond donors (Lipinski definition) is 1. The van der Waals surface area contributed by atoms with Crippen LogP contribution in [0.25, 0.3) is 0 Å². The molecular formula is C18H23N3O2S. The second-order valence-corrected chi connectivity index (χ2v) is 6.97. The van der Waals surface area contributed by atoms with E-state index < -0.39 is 0 Å². The Kier molecular flexibility index (Phi) is 6.20. The summed E-state index contributed by atoms with van der Waals surface area (Å²) in [5.74, 6) is 0. The number of nitrogens with one attached hydrogen (secondary N) is 1. The molecule has 128 valence electrons.